The van der Waals surface area contributed by atoms with E-state index in [1.165, 1.54) is 99.1 Å². The number of rotatable bonds is 8. The van der Waals surface area contributed by atoms with Gasteiger partial charge in [-0.15, -0.1) is 0 Å². The van der Waals surface area contributed by atoms with Gasteiger partial charge >= 0.3 is 5.97 Å². The number of nitrogens with one attached hydrogen (secondary N) is 2. The van der Waals surface area contributed by atoms with Crippen LogP contribution in [0.25, 0.3) is 17.2 Å². The largest absolute Gasteiger partial charge is 0.481 e. The molecule has 2 spiro atoms. The summed E-state index contributed by atoms with van der Waals surface area (Å²) in [4.78, 5) is 14.0. The molecule has 6 heteroatoms. The van der Waals surface area contributed by atoms with E-state index in [0.29, 0.717) is 37.0 Å². The molecule has 6 aliphatic heterocycles. The second kappa shape index (κ2) is 20.9. The number of hydrogen-bond acceptors (Lipinski definition) is 5. The van der Waals surface area contributed by atoms with Crippen LogP contribution < -0.4 is 21.1 Å². The Morgan fingerprint density at radius 2 is 1.65 bits per heavy atom. The van der Waals surface area contributed by atoms with Gasteiger partial charge in [-0.25, -0.2) is 0 Å². The topological polar surface area (TPSA) is 102 Å². The van der Waals surface area contributed by atoms with Crippen molar-refractivity contribution in [3.05, 3.63) is 171 Å². The highest BCUT2D eigenvalue weighted by Crippen LogP contribution is 2.80. The number of fused-ring (bicyclic) bond motifs is 1. The molecule has 13 atom stereocenters. The number of carbonyl (C=O) groups is 1. The standard InChI is InChI=1S/C74H92N2O4/c1-47(25-28-49-16-8-6-9-17-49)26-29-52-21-13-23-56-58(52)42-62-60-43-73-36-15-35-70(3)65(78)34-38-74(62,69(70)73)61-33-37-71(4)67(64(77)45-72(71,5)63(61)44-73)57(68(79)80)31-27-48(2)55(51-19-10-7-11-20-51)24-14-39-75-66-32-30-54(46-76-66)53-22-12-18-50(40-53)41-59(56)60/h6,8-9,12-13,15-18,21-23,30,32,36,40,42-43,47,51,55,57,62,64-65,67,69,75-78H,2,7,10-11,14,19-20,24-29,31,33-35,37-39,41,44-46H2,1,3-5H3,(H,79,80)/t47-,55+,57+,62+,64+,65-,67-,69+,70+,71+,72-,73+,74+/m0/s1. The normalized spacial score (nSPS) is 36.9. The zero-order chi connectivity index (χ0) is 55.2. The van der Waals surface area contributed by atoms with Crippen molar-refractivity contribution in [2.24, 2.45) is 68.5 Å². The molecule has 422 valence electrons. The van der Waals surface area contributed by atoms with Gasteiger partial charge in [-0.05, 0) is 206 Å². The molecule has 3 fully saturated rings. The van der Waals surface area contributed by atoms with Gasteiger partial charge in [0.05, 0.1) is 23.9 Å². The zero-order valence-electron chi connectivity index (χ0n) is 48.8. The van der Waals surface area contributed by atoms with Crippen molar-refractivity contribution >= 4 is 23.2 Å². The summed E-state index contributed by atoms with van der Waals surface area (Å²) in [5.41, 5.74) is 12.3. The molecule has 6 heterocycles. The molecule has 6 nitrogen and oxygen atoms in total. The SMILES string of the molecule is C=C1CC[C@@H](C(=O)O)[C@H]2[C@H](O)C[C@@]3(C)C4=C(CC[C@]23C)[C@]23CC[C@H](O)[C@@]5(C)CC=C[C@@](C=C6C(=c7cccc(CC[C@@H](C)CCc8ccccc8)c7=C[C@H]62)Cc2cccc(c2)C2=CC=C(NCCC[C@H]1C1CCCCC1)NC2)(C4)[C@@H]53. The zero-order valence-corrected chi connectivity index (χ0v) is 48.8. The summed E-state index contributed by atoms with van der Waals surface area (Å²) in [5.74, 6) is 1.13. The summed E-state index contributed by atoms with van der Waals surface area (Å²) >= 11 is 0. The lowest BCUT2D eigenvalue weighted by Crippen LogP contribution is -2.67. The van der Waals surface area contributed by atoms with E-state index in [1.807, 2.05) is 0 Å². The molecule has 17 rings (SSSR count). The van der Waals surface area contributed by atoms with E-state index in [2.05, 4.69) is 148 Å². The Hall–Kier alpha value is -5.17. The highest BCUT2D eigenvalue weighted by Gasteiger charge is 2.74. The number of carboxylic acid groups (broad SMARTS) is 1. The van der Waals surface area contributed by atoms with Crippen molar-refractivity contribution in [3.63, 3.8) is 0 Å². The lowest BCUT2D eigenvalue weighted by Gasteiger charge is -2.72. The van der Waals surface area contributed by atoms with E-state index in [9.17, 15) is 20.1 Å². The van der Waals surface area contributed by atoms with Gasteiger partial charge in [-0.3, -0.25) is 4.79 Å². The first-order chi connectivity index (χ1) is 38.7. The maximum Gasteiger partial charge on any atom is 0.306 e. The van der Waals surface area contributed by atoms with Crippen LogP contribution in [0.15, 0.2) is 138 Å². The number of benzene rings is 3. The Morgan fingerprint density at radius 3 is 2.45 bits per heavy atom. The first-order valence-electron chi connectivity index (χ1n) is 31.9. The molecule has 0 unspecified atom stereocenters. The molecular weight excluding hydrogens is 981 g/mol. The third-order valence-electron chi connectivity index (χ3n) is 24.4. The maximum absolute atomic E-state index is 14.0. The summed E-state index contributed by atoms with van der Waals surface area (Å²) in [5, 5.41) is 47.2. The molecule has 0 radical (unpaired) electrons. The Balaban J connectivity index is 0.974. The summed E-state index contributed by atoms with van der Waals surface area (Å²) in [6.07, 6.45) is 34.6. The molecule has 14 aliphatic rings. The van der Waals surface area contributed by atoms with E-state index in [-0.39, 0.29) is 34.0 Å². The van der Waals surface area contributed by atoms with Gasteiger partial charge in [-0.2, -0.15) is 0 Å². The second-order valence-corrected chi connectivity index (χ2v) is 28.4. The van der Waals surface area contributed by atoms with Gasteiger partial charge < -0.3 is 26.0 Å². The quantitative estimate of drug-likeness (QED) is 0.144. The number of dihydropyridines is 1. The van der Waals surface area contributed by atoms with Crippen LogP contribution in [0.4, 0.5) is 0 Å². The van der Waals surface area contributed by atoms with Crippen LogP contribution in [-0.4, -0.2) is 46.6 Å². The molecule has 80 heavy (non-hydrogen) atoms. The molecular formula is C74H92N2O4. The molecule has 5 N–H and O–H groups in total. The van der Waals surface area contributed by atoms with Gasteiger partial charge in [-0.1, -0.05) is 173 Å². The molecule has 3 aromatic carbocycles. The van der Waals surface area contributed by atoms with Crippen molar-refractivity contribution in [3.8, 4) is 0 Å². The molecule has 0 aromatic heterocycles. The maximum atomic E-state index is 14.0. The van der Waals surface area contributed by atoms with E-state index < -0.39 is 34.9 Å². The number of allylic oxidation sites excluding steroid dienone is 9. The molecule has 14 bridgehead atoms. The first-order valence-corrected chi connectivity index (χ1v) is 31.9. The Kier molecular flexibility index (Phi) is 14.1. The van der Waals surface area contributed by atoms with Gasteiger partial charge in [0.15, 0.2) is 0 Å². The smallest absolute Gasteiger partial charge is 0.306 e. The highest BCUT2D eigenvalue weighted by atomic mass is 16.4. The lowest BCUT2D eigenvalue weighted by atomic mass is 9.31. The summed E-state index contributed by atoms with van der Waals surface area (Å²) in [6, 6.07) is 27.6. The number of aryl methyl sites for hydroxylation is 2. The van der Waals surface area contributed by atoms with Crippen molar-refractivity contribution in [2.75, 3.05) is 13.1 Å². The number of aliphatic hydroxyl groups excluding tert-OH is 2. The summed E-state index contributed by atoms with van der Waals surface area (Å²) < 4.78 is 0. The average molecular weight is 1070 g/mol. The third kappa shape index (κ3) is 8.78. The van der Waals surface area contributed by atoms with Crippen LogP contribution in [0.3, 0.4) is 0 Å². The molecule has 0 saturated heterocycles. The third-order valence-corrected chi connectivity index (χ3v) is 24.4. The van der Waals surface area contributed by atoms with Crippen molar-refractivity contribution < 1.29 is 20.1 Å². The molecule has 0 amide bonds. The van der Waals surface area contributed by atoms with Crippen molar-refractivity contribution in [1.29, 1.82) is 0 Å². The Labute approximate surface area is 478 Å². The molecule has 8 aliphatic carbocycles. The highest BCUT2D eigenvalue weighted by molar-refractivity contribution is 5.78. The van der Waals surface area contributed by atoms with Crippen molar-refractivity contribution in [2.45, 2.75) is 175 Å². The lowest BCUT2D eigenvalue weighted by molar-refractivity contribution is -0.160. The minimum atomic E-state index is -0.757. The first kappa shape index (κ1) is 54.1. The second-order valence-electron chi connectivity index (χ2n) is 28.4. The monoisotopic (exact) mass is 1070 g/mol. The van der Waals surface area contributed by atoms with Gasteiger partial charge in [0.25, 0.3) is 0 Å². The fraction of sp³-hybridized carbons (Fsp3) is 0.554. The Morgan fingerprint density at radius 1 is 0.838 bits per heavy atom. The van der Waals surface area contributed by atoms with Gasteiger partial charge in [0.2, 0.25) is 0 Å². The number of carboxylic acids is 1. The van der Waals surface area contributed by atoms with Crippen LogP contribution in [0.1, 0.15) is 166 Å². The minimum Gasteiger partial charge on any atom is -0.481 e. The van der Waals surface area contributed by atoms with E-state index in [1.54, 1.807) is 5.57 Å². The predicted molar refractivity (Wildman–Crippen MR) is 325 cm³/mol. The summed E-state index contributed by atoms with van der Waals surface area (Å²) in [6.45, 7) is 16.2. The van der Waals surface area contributed by atoms with E-state index in [4.69, 9.17) is 6.58 Å². The van der Waals surface area contributed by atoms with Crippen LogP contribution in [0.2, 0.25) is 0 Å². The van der Waals surface area contributed by atoms with Crippen LogP contribution in [0, 0.1) is 68.5 Å². The number of aliphatic hydroxyl groups is 2. The minimum absolute atomic E-state index is 0.108. The number of hydrogen-bond donors (Lipinski definition) is 5. The molecule has 3 aromatic rings. The fourth-order valence-electron chi connectivity index (χ4n) is 20.3. The fourth-order valence-corrected chi connectivity index (χ4v) is 20.3. The molecule has 3 saturated carbocycles. The van der Waals surface area contributed by atoms with Crippen LogP contribution >= 0.6 is 0 Å². The van der Waals surface area contributed by atoms with E-state index >= 15 is 0 Å². The van der Waals surface area contributed by atoms with Crippen molar-refractivity contribution in [1.82, 2.24) is 10.6 Å². The predicted octanol–water partition coefficient (Wildman–Crippen LogP) is 13.7. The Bertz CT molecular complexity index is 3230. The van der Waals surface area contributed by atoms with Gasteiger partial charge in [0.1, 0.15) is 0 Å². The van der Waals surface area contributed by atoms with Crippen LogP contribution in [0.5, 0.6) is 0 Å². The van der Waals surface area contributed by atoms with Gasteiger partial charge in [0, 0.05) is 41.2 Å². The average Bonchev–Trinajstić information content (AvgIpc) is 3.86. The number of aliphatic carboxylic acids is 1. The van der Waals surface area contributed by atoms with Crippen LogP contribution in [-0.2, 0) is 24.1 Å². The van der Waals surface area contributed by atoms with E-state index in [0.717, 1.165) is 96.0 Å². The summed E-state index contributed by atoms with van der Waals surface area (Å²) in [7, 11) is 0.